The van der Waals surface area contributed by atoms with Crippen molar-refractivity contribution >= 4 is 12.0 Å². The molecule has 176 valence electrons. The minimum absolute atomic E-state index is 0.0383. The number of hydrogen-bond donors (Lipinski definition) is 2. The van der Waals surface area contributed by atoms with E-state index < -0.39 is 17.3 Å². The van der Waals surface area contributed by atoms with Gasteiger partial charge < -0.3 is 14.8 Å². The molecule has 0 unspecified atom stereocenters. The highest BCUT2D eigenvalue weighted by molar-refractivity contribution is 5.63. The first-order chi connectivity index (χ1) is 15.5. The number of hydrogen-bond acceptors (Lipinski definition) is 8. The molecule has 1 aliphatic rings. The van der Waals surface area contributed by atoms with E-state index in [0.29, 0.717) is 22.8 Å². The number of rotatable bonds is 5. The van der Waals surface area contributed by atoms with E-state index in [4.69, 9.17) is 4.42 Å². The Morgan fingerprint density at radius 3 is 2.27 bits per heavy atom. The van der Waals surface area contributed by atoms with Crippen LogP contribution in [0.4, 0.5) is 25.1 Å². The molecule has 2 aromatic heterocycles. The van der Waals surface area contributed by atoms with Crippen LogP contribution in [0, 0.1) is 6.92 Å². The Bertz CT molecular complexity index is 1100. The molecule has 0 radical (unpaired) electrons. The highest BCUT2D eigenvalue weighted by atomic mass is 19.4. The molecule has 4 rings (SSSR count). The summed E-state index contributed by atoms with van der Waals surface area (Å²) < 4.78 is 44.7. The average Bonchev–Trinajstić information content (AvgIpc) is 3.19. The van der Waals surface area contributed by atoms with Gasteiger partial charge in [0, 0.05) is 18.5 Å². The van der Waals surface area contributed by atoms with Crippen molar-refractivity contribution in [2.24, 2.45) is 0 Å². The summed E-state index contributed by atoms with van der Waals surface area (Å²) in [5.41, 5.74) is -0.910. The summed E-state index contributed by atoms with van der Waals surface area (Å²) in [5, 5.41) is 22.1. The molecule has 33 heavy (non-hydrogen) atoms. The topological polar surface area (TPSA) is 100 Å². The summed E-state index contributed by atoms with van der Waals surface area (Å²) in [7, 11) is 0. The Hall–Kier alpha value is -3.05. The maximum atomic E-state index is 13.0. The summed E-state index contributed by atoms with van der Waals surface area (Å²) in [6.45, 7) is 6.41. The lowest BCUT2D eigenvalue weighted by molar-refractivity contribution is -0.137. The van der Waals surface area contributed by atoms with Crippen molar-refractivity contribution in [1.29, 1.82) is 0 Å². The van der Waals surface area contributed by atoms with Gasteiger partial charge in [-0.05, 0) is 58.0 Å². The van der Waals surface area contributed by atoms with Gasteiger partial charge in [0.25, 0.3) is 0 Å². The Morgan fingerprint density at radius 2 is 1.73 bits per heavy atom. The minimum Gasteiger partial charge on any atom is -0.408 e. The van der Waals surface area contributed by atoms with Crippen LogP contribution in [0.1, 0.15) is 43.8 Å². The lowest BCUT2D eigenvalue weighted by Crippen LogP contribution is -2.42. The van der Waals surface area contributed by atoms with Crippen LogP contribution in [0.5, 0.6) is 0 Å². The standard InChI is InChI=1S/C22H25F3N6O2/c1-13-29-30-20(33-13)31(16-8-10-26-11-9-16)19-27-17(12-18(28-19)21(2,3)32)14-4-6-15(7-5-14)22(23,24)25/h4-7,12,16,26,32H,8-11H2,1-3H3. The van der Waals surface area contributed by atoms with Crippen molar-refractivity contribution < 1.29 is 22.7 Å². The van der Waals surface area contributed by atoms with Crippen LogP contribution >= 0.6 is 0 Å². The number of anilines is 2. The maximum Gasteiger partial charge on any atom is 0.416 e. The zero-order valence-electron chi connectivity index (χ0n) is 18.5. The van der Waals surface area contributed by atoms with Gasteiger partial charge in [-0.25, -0.2) is 9.97 Å². The molecule has 1 aliphatic heterocycles. The normalized spacial score (nSPS) is 15.6. The first-order valence-electron chi connectivity index (χ1n) is 10.6. The van der Waals surface area contributed by atoms with Gasteiger partial charge in [0.1, 0.15) is 5.60 Å². The monoisotopic (exact) mass is 462 g/mol. The third-order valence-electron chi connectivity index (χ3n) is 5.46. The molecule has 0 amide bonds. The minimum atomic E-state index is -4.44. The molecule has 1 saturated heterocycles. The lowest BCUT2D eigenvalue weighted by Gasteiger charge is -2.32. The number of aromatic nitrogens is 4. The van der Waals surface area contributed by atoms with Crippen molar-refractivity contribution in [3.05, 3.63) is 47.5 Å². The number of halogens is 3. The van der Waals surface area contributed by atoms with Crippen LogP contribution in [0.3, 0.4) is 0 Å². The molecule has 0 atom stereocenters. The Kier molecular flexibility index (Phi) is 6.10. The van der Waals surface area contributed by atoms with Crippen molar-refractivity contribution in [2.75, 3.05) is 18.0 Å². The fourth-order valence-corrected chi connectivity index (χ4v) is 3.69. The van der Waals surface area contributed by atoms with E-state index >= 15 is 0 Å². The highest BCUT2D eigenvalue weighted by Gasteiger charge is 2.32. The van der Waals surface area contributed by atoms with Crippen LogP contribution in [-0.2, 0) is 11.8 Å². The van der Waals surface area contributed by atoms with Crippen LogP contribution in [0.2, 0.25) is 0 Å². The third-order valence-corrected chi connectivity index (χ3v) is 5.46. The summed E-state index contributed by atoms with van der Waals surface area (Å²) in [4.78, 5) is 11.0. The van der Waals surface area contributed by atoms with Gasteiger partial charge in [-0.2, -0.15) is 13.2 Å². The molecule has 1 aromatic carbocycles. The molecular formula is C22H25F3N6O2. The Balaban J connectivity index is 1.84. The molecular weight excluding hydrogens is 437 g/mol. The zero-order valence-corrected chi connectivity index (χ0v) is 18.5. The maximum absolute atomic E-state index is 13.0. The molecule has 2 N–H and O–H groups in total. The predicted octanol–water partition coefficient (Wildman–Crippen LogP) is 3.97. The van der Waals surface area contributed by atoms with Gasteiger partial charge in [-0.3, -0.25) is 4.90 Å². The molecule has 3 aromatic rings. The van der Waals surface area contributed by atoms with Crippen LogP contribution in [-0.4, -0.2) is 44.4 Å². The second-order valence-electron chi connectivity index (χ2n) is 8.53. The first kappa shape index (κ1) is 23.1. The Morgan fingerprint density at radius 1 is 1.06 bits per heavy atom. The van der Waals surface area contributed by atoms with Gasteiger partial charge in [-0.15, -0.1) is 5.10 Å². The van der Waals surface area contributed by atoms with Crippen LogP contribution in [0.25, 0.3) is 11.3 Å². The number of piperidine rings is 1. The summed E-state index contributed by atoms with van der Waals surface area (Å²) >= 11 is 0. The lowest BCUT2D eigenvalue weighted by atomic mass is 10.0. The van der Waals surface area contributed by atoms with E-state index in [2.05, 4.69) is 25.5 Å². The quantitative estimate of drug-likeness (QED) is 0.588. The summed E-state index contributed by atoms with van der Waals surface area (Å²) in [5.74, 6) is 0.616. The molecule has 0 bridgehead atoms. The molecule has 3 heterocycles. The van der Waals surface area contributed by atoms with Gasteiger partial charge in [0.05, 0.1) is 17.0 Å². The molecule has 0 saturated carbocycles. The molecule has 11 heteroatoms. The van der Waals surface area contributed by atoms with Gasteiger partial charge in [0.15, 0.2) is 0 Å². The molecule has 0 spiro atoms. The van der Waals surface area contributed by atoms with Crippen molar-refractivity contribution in [2.45, 2.75) is 51.4 Å². The zero-order chi connectivity index (χ0) is 23.8. The first-order valence-corrected chi connectivity index (χ1v) is 10.6. The average molecular weight is 462 g/mol. The van der Waals surface area contributed by atoms with E-state index in [1.807, 2.05) is 0 Å². The van der Waals surface area contributed by atoms with E-state index in [-0.39, 0.29) is 18.0 Å². The third kappa shape index (κ3) is 5.14. The van der Waals surface area contributed by atoms with Crippen molar-refractivity contribution in [1.82, 2.24) is 25.5 Å². The number of benzene rings is 1. The van der Waals surface area contributed by atoms with E-state index in [0.717, 1.165) is 38.1 Å². The highest BCUT2D eigenvalue weighted by Crippen LogP contribution is 2.34. The number of aliphatic hydroxyl groups is 1. The number of aryl methyl sites for hydroxylation is 1. The van der Waals surface area contributed by atoms with E-state index in [9.17, 15) is 18.3 Å². The summed E-state index contributed by atoms with van der Waals surface area (Å²) in [6.07, 6.45) is -2.89. The van der Waals surface area contributed by atoms with Gasteiger partial charge in [-0.1, -0.05) is 17.2 Å². The van der Waals surface area contributed by atoms with E-state index in [1.165, 1.54) is 12.1 Å². The molecule has 8 nitrogen and oxygen atoms in total. The second-order valence-corrected chi connectivity index (χ2v) is 8.53. The van der Waals surface area contributed by atoms with Crippen molar-refractivity contribution in [3.8, 4) is 11.3 Å². The summed E-state index contributed by atoms with van der Waals surface area (Å²) in [6, 6.07) is 6.49. The molecule has 1 fully saturated rings. The van der Waals surface area contributed by atoms with Gasteiger partial charge in [0.2, 0.25) is 11.8 Å². The molecule has 0 aliphatic carbocycles. The number of nitrogens with one attached hydrogen (secondary N) is 1. The van der Waals surface area contributed by atoms with Gasteiger partial charge >= 0.3 is 12.2 Å². The van der Waals surface area contributed by atoms with Crippen LogP contribution < -0.4 is 10.2 Å². The predicted molar refractivity (Wildman–Crippen MR) is 115 cm³/mol. The van der Waals surface area contributed by atoms with Crippen LogP contribution in [0.15, 0.2) is 34.7 Å². The van der Waals surface area contributed by atoms with E-state index in [1.54, 1.807) is 31.7 Å². The fourth-order valence-electron chi connectivity index (χ4n) is 3.69. The van der Waals surface area contributed by atoms with Crippen molar-refractivity contribution in [3.63, 3.8) is 0 Å². The SMILES string of the molecule is Cc1nnc(N(c2nc(-c3ccc(C(F)(F)F)cc3)cc(C(C)(C)O)n2)C2CCNCC2)o1. The Labute approximate surface area is 188 Å². The smallest absolute Gasteiger partial charge is 0.408 e. The second kappa shape index (κ2) is 8.71. The number of alkyl halides is 3. The largest absolute Gasteiger partial charge is 0.416 e. The fraction of sp³-hybridized carbons (Fsp3) is 0.455. The number of nitrogens with zero attached hydrogens (tertiary/aromatic N) is 5.